The molecule has 0 radical (unpaired) electrons. The van der Waals surface area contributed by atoms with Crippen LogP contribution in [0.4, 0.5) is 8.78 Å². The van der Waals surface area contributed by atoms with Crippen LogP contribution in [0.1, 0.15) is 17.0 Å². The molecule has 1 aliphatic heterocycles. The summed E-state index contributed by atoms with van der Waals surface area (Å²) in [7, 11) is 0. The molecular weight excluding hydrogens is 334 g/mol. The smallest absolute Gasteiger partial charge is 0.387 e. The Morgan fingerprint density at radius 1 is 1.17 bits per heavy atom. The van der Waals surface area contributed by atoms with Crippen molar-refractivity contribution in [3.8, 4) is 5.75 Å². The molecule has 0 bridgehead atoms. The van der Waals surface area contributed by atoms with Crippen LogP contribution in [-0.2, 0) is 6.54 Å². The highest BCUT2D eigenvalue weighted by atomic mass is 35.5. The van der Waals surface area contributed by atoms with Gasteiger partial charge >= 0.3 is 6.61 Å². The van der Waals surface area contributed by atoms with E-state index in [1.807, 2.05) is 18.2 Å². The van der Waals surface area contributed by atoms with Crippen LogP contribution in [0.2, 0.25) is 5.02 Å². The molecular formula is C18H19ClF2N2O. The van der Waals surface area contributed by atoms with Crippen molar-refractivity contribution in [1.82, 2.24) is 4.90 Å². The van der Waals surface area contributed by atoms with Crippen molar-refractivity contribution in [2.45, 2.75) is 25.1 Å². The number of halogens is 3. The topological polar surface area (TPSA) is 38.5 Å². The quantitative estimate of drug-likeness (QED) is 0.887. The first-order valence-electron chi connectivity index (χ1n) is 7.79. The first-order valence-corrected chi connectivity index (χ1v) is 8.17. The largest absolute Gasteiger partial charge is 0.433 e. The minimum atomic E-state index is -2.88. The zero-order chi connectivity index (χ0) is 17.1. The number of nitrogens with zero attached hydrogens (tertiary/aromatic N) is 1. The fraction of sp³-hybridized carbons (Fsp3) is 0.333. The summed E-state index contributed by atoms with van der Waals surface area (Å²) in [5.41, 5.74) is 8.48. The number of alkyl halides is 2. The molecule has 3 nitrogen and oxygen atoms in total. The molecule has 6 heteroatoms. The van der Waals surface area contributed by atoms with Gasteiger partial charge in [-0.2, -0.15) is 8.78 Å². The SMILES string of the molecule is N[C@@H]1CN(Cc2ccc(OC(F)F)c(Cl)c2)C[C@H]1c1ccccc1. The van der Waals surface area contributed by atoms with Crippen LogP contribution in [0.3, 0.4) is 0 Å². The monoisotopic (exact) mass is 352 g/mol. The van der Waals surface area contributed by atoms with Gasteiger partial charge in [-0.05, 0) is 23.3 Å². The number of ether oxygens (including phenoxy) is 1. The minimum Gasteiger partial charge on any atom is -0.433 e. The first kappa shape index (κ1) is 17.1. The van der Waals surface area contributed by atoms with Crippen LogP contribution >= 0.6 is 11.6 Å². The molecule has 2 atom stereocenters. The normalized spacial score (nSPS) is 21.4. The van der Waals surface area contributed by atoms with Crippen LogP contribution in [0.15, 0.2) is 48.5 Å². The second kappa shape index (κ2) is 7.47. The average Bonchev–Trinajstić information content (AvgIpc) is 2.91. The van der Waals surface area contributed by atoms with E-state index in [9.17, 15) is 8.78 Å². The van der Waals surface area contributed by atoms with Crippen molar-refractivity contribution in [1.29, 1.82) is 0 Å². The van der Waals surface area contributed by atoms with E-state index in [1.165, 1.54) is 11.6 Å². The standard InChI is InChI=1S/C18H19ClF2N2O/c19-15-8-12(6-7-17(15)24-18(20)21)9-23-10-14(16(22)11-23)13-4-2-1-3-5-13/h1-8,14,16,18H,9-11,22H2/t14-,16+/m0/s1. The summed E-state index contributed by atoms with van der Waals surface area (Å²) in [5.74, 6) is 0.291. The van der Waals surface area contributed by atoms with Crippen LogP contribution in [0.25, 0.3) is 0 Å². The summed E-state index contributed by atoms with van der Waals surface area (Å²) < 4.78 is 28.9. The average molecular weight is 353 g/mol. The molecule has 1 fully saturated rings. The first-order chi connectivity index (χ1) is 11.5. The van der Waals surface area contributed by atoms with Gasteiger partial charge < -0.3 is 10.5 Å². The molecule has 128 valence electrons. The highest BCUT2D eigenvalue weighted by Gasteiger charge is 2.31. The molecule has 2 aromatic carbocycles. The summed E-state index contributed by atoms with van der Waals surface area (Å²) in [6.07, 6.45) is 0. The van der Waals surface area contributed by atoms with Gasteiger partial charge in [0.1, 0.15) is 5.75 Å². The lowest BCUT2D eigenvalue weighted by molar-refractivity contribution is -0.0498. The summed E-state index contributed by atoms with van der Waals surface area (Å²) in [4.78, 5) is 2.25. The molecule has 0 spiro atoms. The van der Waals surface area contributed by atoms with E-state index in [0.29, 0.717) is 12.5 Å². The van der Waals surface area contributed by atoms with Crippen LogP contribution in [0.5, 0.6) is 5.75 Å². The van der Waals surface area contributed by atoms with Crippen LogP contribution < -0.4 is 10.5 Å². The molecule has 3 rings (SSSR count). The molecule has 1 saturated heterocycles. The van der Waals surface area contributed by atoms with E-state index in [4.69, 9.17) is 17.3 Å². The van der Waals surface area contributed by atoms with Crippen LogP contribution in [-0.4, -0.2) is 30.6 Å². The highest BCUT2D eigenvalue weighted by Crippen LogP contribution is 2.30. The Bertz CT molecular complexity index is 684. The van der Waals surface area contributed by atoms with Gasteiger partial charge in [0.2, 0.25) is 0 Å². The van der Waals surface area contributed by atoms with Crippen molar-refractivity contribution in [2.24, 2.45) is 5.73 Å². The Balaban J connectivity index is 1.66. The summed E-state index contributed by atoms with van der Waals surface area (Å²) in [5, 5.41) is 0.191. The summed E-state index contributed by atoms with van der Waals surface area (Å²) in [6, 6.07) is 15.2. The fourth-order valence-electron chi connectivity index (χ4n) is 3.19. The number of hydrogen-bond acceptors (Lipinski definition) is 3. The molecule has 1 aliphatic rings. The lowest BCUT2D eigenvalue weighted by Gasteiger charge is -2.17. The fourth-order valence-corrected chi connectivity index (χ4v) is 3.44. The van der Waals surface area contributed by atoms with E-state index in [2.05, 4.69) is 21.8 Å². The van der Waals surface area contributed by atoms with Gasteiger partial charge in [0.25, 0.3) is 0 Å². The third-order valence-corrected chi connectivity index (χ3v) is 4.58. The predicted octanol–water partition coefficient (Wildman–Crippen LogP) is 3.87. The third kappa shape index (κ3) is 4.04. The number of likely N-dealkylation sites (tertiary alicyclic amines) is 1. The molecule has 0 saturated carbocycles. The van der Waals surface area contributed by atoms with Crippen LogP contribution in [0, 0.1) is 0 Å². The van der Waals surface area contributed by atoms with Crippen molar-refractivity contribution in [3.63, 3.8) is 0 Å². The van der Waals surface area contributed by atoms with Crippen molar-refractivity contribution >= 4 is 11.6 Å². The Kier molecular flexibility index (Phi) is 5.33. The zero-order valence-corrected chi connectivity index (χ0v) is 13.8. The summed E-state index contributed by atoms with van der Waals surface area (Å²) in [6.45, 7) is -0.562. The molecule has 2 N–H and O–H groups in total. The second-order valence-corrected chi connectivity index (χ2v) is 6.43. The van der Waals surface area contributed by atoms with Crippen molar-refractivity contribution < 1.29 is 13.5 Å². The van der Waals surface area contributed by atoms with Gasteiger partial charge in [0.05, 0.1) is 5.02 Å². The van der Waals surface area contributed by atoms with E-state index < -0.39 is 6.61 Å². The number of hydrogen-bond donors (Lipinski definition) is 1. The maximum absolute atomic E-state index is 12.3. The van der Waals surface area contributed by atoms with Gasteiger partial charge in [-0.3, -0.25) is 4.90 Å². The Labute approximate surface area is 145 Å². The molecule has 24 heavy (non-hydrogen) atoms. The zero-order valence-electron chi connectivity index (χ0n) is 13.0. The van der Waals surface area contributed by atoms with E-state index in [1.54, 1.807) is 12.1 Å². The molecule has 0 aromatic heterocycles. The Hall–Kier alpha value is -1.69. The van der Waals surface area contributed by atoms with Gasteiger partial charge in [-0.15, -0.1) is 0 Å². The van der Waals surface area contributed by atoms with E-state index >= 15 is 0 Å². The lowest BCUT2D eigenvalue weighted by atomic mass is 9.95. The molecule has 0 amide bonds. The molecule has 2 aromatic rings. The van der Waals surface area contributed by atoms with E-state index in [-0.39, 0.29) is 16.8 Å². The summed E-state index contributed by atoms with van der Waals surface area (Å²) >= 11 is 6.01. The van der Waals surface area contributed by atoms with Crippen molar-refractivity contribution in [2.75, 3.05) is 13.1 Å². The number of nitrogens with two attached hydrogens (primary N) is 1. The van der Waals surface area contributed by atoms with E-state index in [0.717, 1.165) is 18.7 Å². The van der Waals surface area contributed by atoms with Gasteiger partial charge in [-0.1, -0.05) is 48.0 Å². The molecule has 1 heterocycles. The van der Waals surface area contributed by atoms with Gasteiger partial charge in [0, 0.05) is 31.6 Å². The number of benzene rings is 2. The van der Waals surface area contributed by atoms with Gasteiger partial charge in [-0.25, -0.2) is 0 Å². The maximum Gasteiger partial charge on any atom is 0.387 e. The van der Waals surface area contributed by atoms with Gasteiger partial charge in [0.15, 0.2) is 0 Å². The predicted molar refractivity (Wildman–Crippen MR) is 90.5 cm³/mol. The lowest BCUT2D eigenvalue weighted by Crippen LogP contribution is -2.28. The minimum absolute atomic E-state index is 0.00398. The molecule has 0 aliphatic carbocycles. The third-order valence-electron chi connectivity index (χ3n) is 4.29. The highest BCUT2D eigenvalue weighted by molar-refractivity contribution is 6.32. The second-order valence-electron chi connectivity index (χ2n) is 6.02. The Morgan fingerprint density at radius 2 is 1.92 bits per heavy atom. The number of rotatable bonds is 5. The maximum atomic E-state index is 12.3. The Morgan fingerprint density at radius 3 is 2.58 bits per heavy atom. The van der Waals surface area contributed by atoms with Crippen molar-refractivity contribution in [3.05, 3.63) is 64.7 Å². The molecule has 0 unspecified atom stereocenters.